The van der Waals surface area contributed by atoms with E-state index in [0.717, 1.165) is 12.1 Å². The second-order valence-electron chi connectivity index (χ2n) is 7.04. The lowest BCUT2D eigenvalue weighted by molar-refractivity contribution is 0.0949. The monoisotopic (exact) mass is 484 g/mol. The van der Waals surface area contributed by atoms with Crippen LogP contribution in [-0.2, 0) is 6.61 Å². The van der Waals surface area contributed by atoms with Crippen molar-refractivity contribution in [2.45, 2.75) is 13.5 Å². The normalized spacial score (nSPS) is 11.1. The zero-order valence-electron chi connectivity index (χ0n) is 18.4. The molecule has 2 heterocycles. The molecule has 3 N–H and O–H groups in total. The van der Waals surface area contributed by atoms with E-state index in [4.69, 9.17) is 15.2 Å². The summed E-state index contributed by atoms with van der Waals surface area (Å²) in [6.07, 6.45) is 1.39. The van der Waals surface area contributed by atoms with Crippen molar-refractivity contribution in [2.75, 3.05) is 12.8 Å². The summed E-state index contributed by atoms with van der Waals surface area (Å²) in [5.41, 5.74) is 9.50. The average molecular weight is 484 g/mol. The highest BCUT2D eigenvalue weighted by Gasteiger charge is 2.20. The Hall–Kier alpha value is -4.88. The molecule has 2 aromatic carbocycles. The molecule has 180 valence electrons. The van der Waals surface area contributed by atoms with Gasteiger partial charge in [-0.05, 0) is 53.1 Å². The van der Waals surface area contributed by atoms with Gasteiger partial charge in [-0.25, -0.2) is 18.8 Å². The van der Waals surface area contributed by atoms with Crippen LogP contribution in [0.3, 0.4) is 0 Å². The minimum Gasteiger partial charge on any atom is -0.496 e. The summed E-state index contributed by atoms with van der Waals surface area (Å²) >= 11 is 0. The Kier molecular flexibility index (Phi) is 6.62. The maximum absolute atomic E-state index is 13.8. The molecule has 0 atom stereocenters. The van der Waals surface area contributed by atoms with E-state index < -0.39 is 17.5 Å². The van der Waals surface area contributed by atoms with Crippen molar-refractivity contribution in [1.29, 1.82) is 0 Å². The first-order valence-electron chi connectivity index (χ1n) is 9.96. The zero-order chi connectivity index (χ0) is 24.9. The van der Waals surface area contributed by atoms with Gasteiger partial charge in [-0.3, -0.25) is 4.79 Å². The van der Waals surface area contributed by atoms with Crippen LogP contribution in [0, 0.1) is 18.6 Å². The Labute approximate surface area is 196 Å². The fraction of sp³-hybridized carbons (Fsp3) is 0.143. The van der Waals surface area contributed by atoms with E-state index in [1.165, 1.54) is 24.1 Å². The number of nitrogens with one attached hydrogen (secondary N) is 1. The molecule has 0 saturated carbocycles. The number of hydrogen-bond donors (Lipinski definition) is 2. The quantitative estimate of drug-likeness (QED) is 0.283. The number of carbonyl (C=O) groups is 1. The van der Waals surface area contributed by atoms with Crippen molar-refractivity contribution in [3.63, 3.8) is 0 Å². The lowest BCUT2D eigenvalue weighted by Gasteiger charge is -2.11. The minimum atomic E-state index is -0.820. The van der Waals surface area contributed by atoms with E-state index >= 15 is 0 Å². The molecule has 0 radical (unpaired) electrons. The third-order valence-electron chi connectivity index (χ3n) is 4.77. The Morgan fingerprint density at radius 2 is 2.03 bits per heavy atom. The molecule has 0 aliphatic heterocycles. The summed E-state index contributed by atoms with van der Waals surface area (Å²) in [6.45, 7) is 1.54. The molecule has 0 bridgehead atoms. The second-order valence-corrected chi connectivity index (χ2v) is 7.04. The van der Waals surface area contributed by atoms with Crippen LogP contribution in [0.5, 0.6) is 11.5 Å². The molecule has 2 aromatic heterocycles. The van der Waals surface area contributed by atoms with Crippen molar-refractivity contribution in [3.8, 4) is 17.3 Å². The van der Waals surface area contributed by atoms with Crippen molar-refractivity contribution >= 4 is 17.9 Å². The lowest BCUT2D eigenvalue weighted by atomic mass is 10.1. The smallest absolute Gasteiger partial charge is 0.293 e. The number of hydrazone groups is 1. The van der Waals surface area contributed by atoms with Gasteiger partial charge in [0, 0.05) is 11.6 Å². The molecule has 0 aliphatic rings. The van der Waals surface area contributed by atoms with Crippen LogP contribution in [0.1, 0.15) is 27.3 Å². The third-order valence-corrected chi connectivity index (χ3v) is 4.77. The summed E-state index contributed by atoms with van der Waals surface area (Å²) in [4.78, 5) is 12.5. The number of nitrogens with zero attached hydrogens (tertiary/aromatic N) is 6. The Morgan fingerprint density at radius 1 is 1.23 bits per heavy atom. The number of benzene rings is 2. The molecule has 14 heteroatoms. The van der Waals surface area contributed by atoms with Gasteiger partial charge in [-0.15, -0.1) is 5.10 Å². The average Bonchev–Trinajstić information content (AvgIpc) is 3.43. The Bertz CT molecular complexity index is 1400. The maximum atomic E-state index is 13.8. The van der Waals surface area contributed by atoms with Gasteiger partial charge in [0.15, 0.2) is 17.3 Å². The number of methoxy groups -OCH3 is 1. The van der Waals surface area contributed by atoms with Gasteiger partial charge >= 0.3 is 0 Å². The molecule has 0 spiro atoms. The molecule has 0 unspecified atom stereocenters. The van der Waals surface area contributed by atoms with Crippen LogP contribution in [0.15, 0.2) is 46.1 Å². The first-order valence-corrected chi connectivity index (χ1v) is 9.96. The van der Waals surface area contributed by atoms with E-state index in [-0.39, 0.29) is 29.7 Å². The van der Waals surface area contributed by atoms with Crippen LogP contribution >= 0.6 is 0 Å². The van der Waals surface area contributed by atoms with E-state index in [9.17, 15) is 13.6 Å². The zero-order valence-corrected chi connectivity index (χ0v) is 18.4. The van der Waals surface area contributed by atoms with Gasteiger partial charge in [0.1, 0.15) is 18.2 Å². The first kappa shape index (κ1) is 23.3. The number of halogens is 2. The number of anilines is 1. The molecule has 35 heavy (non-hydrogen) atoms. The number of hydrogen-bond acceptors (Lipinski definition) is 10. The first-order chi connectivity index (χ1) is 16.9. The highest BCUT2D eigenvalue weighted by Crippen LogP contribution is 2.24. The SMILES string of the molecule is COc1ccc(/C=N/NC(=O)c2nnn(-c3nonc3N)c2C)cc1COc1ccc(F)cc1F. The molecule has 0 saturated heterocycles. The van der Waals surface area contributed by atoms with E-state index in [0.29, 0.717) is 22.6 Å². The standard InChI is InChI=1S/C21H18F2N8O4/c1-11-18(26-30-31(11)20-19(24)28-35-29-20)21(32)27-25-9-12-3-5-16(33-2)13(7-12)10-34-17-6-4-14(22)8-15(17)23/h3-9H,10H2,1-2H3,(H2,24,28)(H,27,32)/b25-9+. The predicted molar refractivity (Wildman–Crippen MR) is 117 cm³/mol. The Balaban J connectivity index is 1.44. The summed E-state index contributed by atoms with van der Waals surface area (Å²) in [6, 6.07) is 8.06. The van der Waals surface area contributed by atoms with Crippen LogP contribution in [0.4, 0.5) is 14.6 Å². The van der Waals surface area contributed by atoms with E-state index in [1.807, 2.05) is 0 Å². The van der Waals surface area contributed by atoms with Gasteiger partial charge in [-0.1, -0.05) is 5.21 Å². The summed E-state index contributed by atoms with van der Waals surface area (Å²) in [7, 11) is 1.48. The predicted octanol–water partition coefficient (Wildman–Crippen LogP) is 2.17. The fourth-order valence-electron chi connectivity index (χ4n) is 3.04. The number of ether oxygens (including phenoxy) is 2. The molecule has 1 amide bonds. The lowest BCUT2D eigenvalue weighted by Crippen LogP contribution is -2.19. The summed E-state index contributed by atoms with van der Waals surface area (Å²) < 4.78 is 43.4. The third kappa shape index (κ3) is 5.05. The second kappa shape index (κ2) is 9.94. The molecule has 12 nitrogen and oxygen atoms in total. The molecule has 4 aromatic rings. The van der Waals surface area contributed by atoms with Crippen LogP contribution in [0.25, 0.3) is 5.82 Å². The van der Waals surface area contributed by atoms with Crippen molar-refractivity contribution in [2.24, 2.45) is 5.10 Å². The number of rotatable bonds is 8. The molecular weight excluding hydrogens is 466 g/mol. The van der Waals surface area contributed by atoms with Crippen molar-refractivity contribution in [3.05, 3.63) is 70.5 Å². The summed E-state index contributed by atoms with van der Waals surface area (Å²) in [5.74, 6) is -1.67. The number of amides is 1. The molecule has 4 rings (SSSR count). The van der Waals surface area contributed by atoms with Gasteiger partial charge in [0.2, 0.25) is 11.6 Å². The molecular formula is C21H18F2N8O4. The minimum absolute atomic E-state index is 0.00491. The van der Waals surface area contributed by atoms with Gasteiger partial charge in [-0.2, -0.15) is 9.78 Å². The van der Waals surface area contributed by atoms with Crippen LogP contribution in [0.2, 0.25) is 0 Å². The number of nitrogen functional groups attached to an aromatic ring is 1. The van der Waals surface area contributed by atoms with E-state index in [2.05, 4.69) is 35.8 Å². The highest BCUT2D eigenvalue weighted by atomic mass is 19.1. The van der Waals surface area contributed by atoms with Gasteiger partial charge in [0.25, 0.3) is 5.91 Å². The topological polar surface area (TPSA) is 156 Å². The number of nitrogens with two attached hydrogens (primary N) is 1. The Morgan fingerprint density at radius 3 is 2.74 bits per heavy atom. The van der Waals surface area contributed by atoms with Crippen molar-refractivity contribution < 1.29 is 27.7 Å². The van der Waals surface area contributed by atoms with Crippen LogP contribution < -0.4 is 20.6 Å². The van der Waals surface area contributed by atoms with Gasteiger partial charge in [0.05, 0.1) is 19.0 Å². The fourth-order valence-corrected chi connectivity index (χ4v) is 3.04. The summed E-state index contributed by atoms with van der Waals surface area (Å²) in [5, 5.41) is 18.6. The van der Waals surface area contributed by atoms with Gasteiger partial charge < -0.3 is 15.2 Å². The highest BCUT2D eigenvalue weighted by molar-refractivity contribution is 5.94. The number of aromatic nitrogens is 5. The number of carbonyl (C=O) groups excluding carboxylic acids is 1. The van der Waals surface area contributed by atoms with Crippen LogP contribution in [-0.4, -0.2) is 44.5 Å². The van der Waals surface area contributed by atoms with E-state index in [1.54, 1.807) is 25.1 Å². The van der Waals surface area contributed by atoms with Crippen molar-refractivity contribution in [1.82, 2.24) is 30.7 Å². The maximum Gasteiger partial charge on any atom is 0.293 e. The molecule has 0 fully saturated rings. The molecule has 0 aliphatic carbocycles. The largest absolute Gasteiger partial charge is 0.496 e.